The largest absolute Gasteiger partial charge is 0.388 e. The molecule has 1 aromatic carbocycles. The summed E-state index contributed by atoms with van der Waals surface area (Å²) in [4.78, 5) is 0. The van der Waals surface area contributed by atoms with Gasteiger partial charge in [-0.1, -0.05) is 74.9 Å². The molecule has 1 atom stereocenters. The molecule has 0 radical (unpaired) electrons. The van der Waals surface area contributed by atoms with Crippen molar-refractivity contribution in [2.75, 3.05) is 0 Å². The summed E-state index contributed by atoms with van der Waals surface area (Å²) >= 11 is 0. The van der Waals surface area contributed by atoms with Crippen LogP contribution in [0.4, 0.5) is 0 Å². The van der Waals surface area contributed by atoms with E-state index >= 15 is 0 Å². The summed E-state index contributed by atoms with van der Waals surface area (Å²) in [6.07, 6.45) is 5.95. The first-order chi connectivity index (χ1) is 9.47. The van der Waals surface area contributed by atoms with Gasteiger partial charge in [0.15, 0.2) is 0 Å². The van der Waals surface area contributed by atoms with Gasteiger partial charge in [0.05, 0.1) is 14.2 Å². The van der Waals surface area contributed by atoms with E-state index in [9.17, 15) is 5.11 Å². The van der Waals surface area contributed by atoms with Crippen LogP contribution < -0.4 is 0 Å². The zero-order valence-electron chi connectivity index (χ0n) is 13.1. The van der Waals surface area contributed by atoms with Crippen LogP contribution in [0.2, 0.25) is 19.6 Å². The van der Waals surface area contributed by atoms with Crippen molar-refractivity contribution in [3.05, 3.63) is 41.6 Å². The van der Waals surface area contributed by atoms with E-state index in [0.717, 1.165) is 0 Å². The van der Waals surface area contributed by atoms with Crippen LogP contribution in [0.3, 0.4) is 0 Å². The minimum absolute atomic E-state index is 0.288. The molecule has 1 N–H and O–H groups in total. The molecule has 0 aromatic heterocycles. The Morgan fingerprint density at radius 2 is 1.70 bits per heavy atom. The highest BCUT2D eigenvalue weighted by atomic mass is 28.3. The minimum Gasteiger partial charge on any atom is -0.388 e. The molecular formula is C18H28OSi. The van der Waals surface area contributed by atoms with Crippen molar-refractivity contribution >= 4 is 13.6 Å². The van der Waals surface area contributed by atoms with E-state index in [1.54, 1.807) is 0 Å². The van der Waals surface area contributed by atoms with Crippen molar-refractivity contribution in [1.82, 2.24) is 0 Å². The van der Waals surface area contributed by atoms with Crippen LogP contribution in [-0.2, 0) is 0 Å². The molecule has 110 valence electrons. The highest BCUT2D eigenvalue weighted by Crippen LogP contribution is 2.33. The average Bonchev–Trinajstić information content (AvgIpc) is 2.45. The fourth-order valence-electron chi connectivity index (χ4n) is 3.14. The lowest BCUT2D eigenvalue weighted by molar-refractivity contribution is 0.133. The number of aliphatic hydroxyl groups is 1. The van der Waals surface area contributed by atoms with Crippen molar-refractivity contribution in [2.24, 2.45) is 5.92 Å². The topological polar surface area (TPSA) is 20.2 Å². The Balaban J connectivity index is 2.29. The Morgan fingerprint density at radius 1 is 1.10 bits per heavy atom. The summed E-state index contributed by atoms with van der Waals surface area (Å²) < 4.78 is 0. The van der Waals surface area contributed by atoms with E-state index in [1.165, 1.54) is 43.2 Å². The maximum absolute atomic E-state index is 10.9. The van der Waals surface area contributed by atoms with Gasteiger partial charge in [-0.25, -0.2) is 0 Å². The van der Waals surface area contributed by atoms with Gasteiger partial charge in [0, 0.05) is 0 Å². The molecule has 1 aliphatic rings. The lowest BCUT2D eigenvalue weighted by atomic mass is 9.81. The molecule has 0 unspecified atom stereocenters. The van der Waals surface area contributed by atoms with Gasteiger partial charge in [0.25, 0.3) is 0 Å². The summed E-state index contributed by atoms with van der Waals surface area (Å²) in [5.74, 6) is 0.451. The van der Waals surface area contributed by atoms with E-state index in [-0.39, 0.29) is 6.10 Å². The Hall–Kier alpha value is -0.863. The Morgan fingerprint density at radius 3 is 2.25 bits per heavy atom. The molecule has 2 heteroatoms. The molecule has 1 nitrogen and oxygen atoms in total. The predicted molar refractivity (Wildman–Crippen MR) is 90.3 cm³/mol. The van der Waals surface area contributed by atoms with Gasteiger partial charge >= 0.3 is 0 Å². The van der Waals surface area contributed by atoms with Crippen LogP contribution in [-0.4, -0.2) is 19.3 Å². The third-order valence-corrected chi connectivity index (χ3v) is 5.29. The smallest absolute Gasteiger partial charge is 0.0817 e. The number of hydrogen-bond acceptors (Lipinski definition) is 1. The molecule has 0 amide bonds. The van der Waals surface area contributed by atoms with Gasteiger partial charge in [-0.15, -0.1) is 0 Å². The van der Waals surface area contributed by atoms with Crippen molar-refractivity contribution in [3.8, 4) is 0 Å². The van der Waals surface area contributed by atoms with Crippen LogP contribution in [0, 0.1) is 5.92 Å². The van der Waals surface area contributed by atoms with Crippen molar-refractivity contribution < 1.29 is 5.11 Å². The lowest BCUT2D eigenvalue weighted by Gasteiger charge is -2.30. The Kier molecular flexibility index (Phi) is 5.22. The Bertz CT molecular complexity index is 438. The summed E-state index contributed by atoms with van der Waals surface area (Å²) in [6.45, 7) is 7.01. The maximum Gasteiger partial charge on any atom is 0.0817 e. The fraction of sp³-hybridized carbons (Fsp3) is 0.556. The van der Waals surface area contributed by atoms with Gasteiger partial charge in [-0.05, 0) is 29.9 Å². The Labute approximate surface area is 124 Å². The van der Waals surface area contributed by atoms with E-state index in [4.69, 9.17) is 0 Å². The fourth-order valence-corrected chi connectivity index (χ4v) is 4.41. The number of rotatable bonds is 4. The second kappa shape index (κ2) is 6.73. The standard InChI is InChI=1S/C18H28OSi/c1-20(2,3)14-17(15-10-6-4-7-11-15)18(19)16-12-8-5-9-13-16/h4,6-7,10-11,14,16,18-19H,5,8-9,12-13H2,1-3H3/b17-14+/t18-/m1/s1. The molecule has 20 heavy (non-hydrogen) atoms. The molecule has 1 aromatic rings. The molecule has 1 fully saturated rings. The first kappa shape index (κ1) is 15.5. The summed E-state index contributed by atoms with van der Waals surface area (Å²) in [5.41, 5.74) is 4.77. The van der Waals surface area contributed by atoms with Gasteiger partial charge in [-0.3, -0.25) is 0 Å². The molecule has 0 bridgehead atoms. The third kappa shape index (κ3) is 4.32. The van der Waals surface area contributed by atoms with Crippen molar-refractivity contribution in [1.29, 1.82) is 0 Å². The second-order valence-corrected chi connectivity index (χ2v) is 12.2. The van der Waals surface area contributed by atoms with Crippen LogP contribution >= 0.6 is 0 Å². The summed E-state index contributed by atoms with van der Waals surface area (Å²) in [6, 6.07) is 10.5. The van der Waals surface area contributed by atoms with Gasteiger partial charge in [0.1, 0.15) is 0 Å². The normalized spacial score (nSPS) is 19.9. The summed E-state index contributed by atoms with van der Waals surface area (Å²) in [7, 11) is -1.35. The van der Waals surface area contributed by atoms with E-state index in [1.807, 2.05) is 6.07 Å². The summed E-state index contributed by atoms with van der Waals surface area (Å²) in [5, 5.41) is 10.9. The highest BCUT2D eigenvalue weighted by Gasteiger charge is 2.26. The molecule has 0 saturated heterocycles. The SMILES string of the molecule is C[Si](C)(C)/C=C(\c1ccccc1)[C@H](O)C1CCCCC1. The number of benzene rings is 1. The average molecular weight is 289 g/mol. The zero-order chi connectivity index (χ0) is 14.6. The molecule has 0 aliphatic heterocycles. The lowest BCUT2D eigenvalue weighted by Crippen LogP contribution is -2.27. The quantitative estimate of drug-likeness (QED) is 0.782. The zero-order valence-corrected chi connectivity index (χ0v) is 14.1. The highest BCUT2D eigenvalue weighted by molar-refractivity contribution is 6.81. The van der Waals surface area contributed by atoms with Gasteiger partial charge in [0.2, 0.25) is 0 Å². The predicted octanol–water partition coefficient (Wildman–Crippen LogP) is 4.89. The molecule has 0 heterocycles. The van der Waals surface area contributed by atoms with Crippen LogP contribution in [0.5, 0.6) is 0 Å². The van der Waals surface area contributed by atoms with Crippen LogP contribution in [0.15, 0.2) is 36.0 Å². The monoisotopic (exact) mass is 288 g/mol. The van der Waals surface area contributed by atoms with E-state index < -0.39 is 8.07 Å². The molecule has 2 rings (SSSR count). The minimum atomic E-state index is -1.35. The van der Waals surface area contributed by atoms with Crippen LogP contribution in [0.1, 0.15) is 37.7 Å². The van der Waals surface area contributed by atoms with Crippen molar-refractivity contribution in [3.63, 3.8) is 0 Å². The molecular weight excluding hydrogens is 260 g/mol. The maximum atomic E-state index is 10.9. The van der Waals surface area contributed by atoms with Gasteiger partial charge < -0.3 is 5.11 Å². The molecule has 1 saturated carbocycles. The first-order valence-electron chi connectivity index (χ1n) is 7.93. The van der Waals surface area contributed by atoms with E-state index in [2.05, 4.69) is 49.6 Å². The second-order valence-electron chi connectivity index (χ2n) is 7.17. The van der Waals surface area contributed by atoms with Crippen molar-refractivity contribution in [2.45, 2.75) is 57.8 Å². The molecule has 0 spiro atoms. The van der Waals surface area contributed by atoms with Crippen LogP contribution in [0.25, 0.3) is 5.57 Å². The number of hydrogen-bond donors (Lipinski definition) is 1. The number of aliphatic hydroxyl groups excluding tert-OH is 1. The third-order valence-electron chi connectivity index (χ3n) is 4.11. The van der Waals surface area contributed by atoms with Gasteiger partial charge in [-0.2, -0.15) is 0 Å². The molecule has 1 aliphatic carbocycles. The first-order valence-corrected chi connectivity index (χ1v) is 11.5. The van der Waals surface area contributed by atoms with E-state index in [0.29, 0.717) is 5.92 Å².